The molecule has 0 aromatic rings. The van der Waals surface area contributed by atoms with Crippen molar-refractivity contribution in [3.8, 4) is 0 Å². The molecule has 5 nitrogen and oxygen atoms in total. The molecule has 0 spiro atoms. The first-order valence-electron chi connectivity index (χ1n) is 6.02. The lowest BCUT2D eigenvalue weighted by Gasteiger charge is -2.31. The quantitative estimate of drug-likeness (QED) is 0.313. The molecule has 0 bridgehead atoms. The van der Waals surface area contributed by atoms with E-state index in [1.54, 1.807) is 5.01 Å². The van der Waals surface area contributed by atoms with E-state index < -0.39 is 11.5 Å². The van der Waals surface area contributed by atoms with Crippen LogP contribution in [-0.2, 0) is 4.79 Å². The van der Waals surface area contributed by atoms with Gasteiger partial charge in [0.15, 0.2) is 0 Å². The molecule has 0 amide bonds. The molecule has 0 radical (unpaired) electrons. The molecule has 92 valence electrons. The highest BCUT2D eigenvalue weighted by Crippen LogP contribution is 2.29. The van der Waals surface area contributed by atoms with E-state index in [-0.39, 0.29) is 5.92 Å². The second-order valence-electron chi connectivity index (χ2n) is 4.78. The summed E-state index contributed by atoms with van der Waals surface area (Å²) in [5.41, 5.74) is 4.97. The summed E-state index contributed by atoms with van der Waals surface area (Å²) in [6.07, 6.45) is 4.31. The molecule has 1 unspecified atom stereocenters. The van der Waals surface area contributed by atoms with Crippen molar-refractivity contribution < 1.29 is 9.90 Å². The molecular weight excluding hydrogens is 205 g/mol. The average molecular weight is 227 g/mol. The Morgan fingerprint density at radius 3 is 2.69 bits per heavy atom. The van der Waals surface area contributed by atoms with Crippen molar-refractivity contribution in [2.45, 2.75) is 37.5 Å². The monoisotopic (exact) mass is 227 g/mol. The molecular formula is C10H22BN3O2. The van der Waals surface area contributed by atoms with Crippen LogP contribution in [0.4, 0.5) is 0 Å². The van der Waals surface area contributed by atoms with Crippen LogP contribution in [0.25, 0.3) is 0 Å². The van der Waals surface area contributed by atoms with Crippen molar-refractivity contribution in [3.05, 3.63) is 0 Å². The second kappa shape index (κ2) is 5.66. The minimum absolute atomic E-state index is 0.0214. The SMILES string of the molecule is BCCCCC(N)(C(=O)O)[C@@H]1CCN(N)C1. The van der Waals surface area contributed by atoms with E-state index in [4.69, 9.17) is 11.6 Å². The van der Waals surface area contributed by atoms with E-state index in [1.807, 2.05) is 0 Å². The summed E-state index contributed by atoms with van der Waals surface area (Å²) in [7, 11) is 2.09. The highest BCUT2D eigenvalue weighted by Gasteiger charge is 2.44. The topological polar surface area (TPSA) is 92.6 Å². The molecule has 1 aliphatic rings. The van der Waals surface area contributed by atoms with Crippen LogP contribution in [0.3, 0.4) is 0 Å². The van der Waals surface area contributed by atoms with Crippen LogP contribution in [0, 0.1) is 5.92 Å². The van der Waals surface area contributed by atoms with Crippen LogP contribution < -0.4 is 11.6 Å². The third-order valence-corrected chi connectivity index (χ3v) is 3.54. The first kappa shape index (κ1) is 13.5. The van der Waals surface area contributed by atoms with Crippen LogP contribution in [-0.4, -0.2) is 42.6 Å². The van der Waals surface area contributed by atoms with E-state index in [0.717, 1.165) is 32.1 Å². The molecule has 0 saturated carbocycles. The summed E-state index contributed by atoms with van der Waals surface area (Å²) in [5.74, 6) is 4.75. The molecule has 1 fully saturated rings. The number of aliphatic carboxylic acids is 1. The van der Waals surface area contributed by atoms with Gasteiger partial charge < -0.3 is 10.8 Å². The zero-order valence-electron chi connectivity index (χ0n) is 9.98. The fraction of sp³-hybridized carbons (Fsp3) is 0.900. The molecule has 1 rings (SSSR count). The first-order valence-corrected chi connectivity index (χ1v) is 6.02. The van der Waals surface area contributed by atoms with Gasteiger partial charge in [-0.3, -0.25) is 10.6 Å². The van der Waals surface area contributed by atoms with E-state index in [0.29, 0.717) is 13.0 Å². The Balaban J connectivity index is 2.60. The summed E-state index contributed by atoms with van der Waals surface area (Å²) in [6, 6.07) is 0. The van der Waals surface area contributed by atoms with Gasteiger partial charge in [0.1, 0.15) is 13.4 Å². The molecule has 5 N–H and O–H groups in total. The normalized spacial score (nSPS) is 25.5. The number of unbranched alkanes of at least 4 members (excludes halogenated alkanes) is 1. The summed E-state index contributed by atoms with van der Waals surface area (Å²) in [4.78, 5) is 11.3. The predicted molar refractivity (Wildman–Crippen MR) is 65.6 cm³/mol. The number of hydrazine groups is 1. The smallest absolute Gasteiger partial charge is 0.324 e. The fourth-order valence-electron chi connectivity index (χ4n) is 2.36. The Hall–Kier alpha value is -0.585. The number of carboxylic acids is 1. The Bertz CT molecular complexity index is 252. The molecule has 0 aromatic heterocycles. The van der Waals surface area contributed by atoms with Crippen molar-refractivity contribution in [3.63, 3.8) is 0 Å². The maximum Gasteiger partial charge on any atom is 0.324 e. The molecule has 0 aliphatic carbocycles. The van der Waals surface area contributed by atoms with Crippen molar-refractivity contribution in [2.75, 3.05) is 13.1 Å². The lowest BCUT2D eigenvalue weighted by atomic mass is 9.79. The Morgan fingerprint density at radius 1 is 1.56 bits per heavy atom. The van der Waals surface area contributed by atoms with Crippen LogP contribution in [0.15, 0.2) is 0 Å². The zero-order chi connectivity index (χ0) is 12.2. The van der Waals surface area contributed by atoms with Gasteiger partial charge >= 0.3 is 5.97 Å². The van der Waals surface area contributed by atoms with Crippen LogP contribution in [0.5, 0.6) is 0 Å². The Morgan fingerprint density at radius 2 is 2.25 bits per heavy atom. The number of nitrogens with zero attached hydrogens (tertiary/aromatic N) is 1. The molecule has 6 heteroatoms. The number of hydrogen-bond donors (Lipinski definition) is 3. The number of rotatable bonds is 6. The number of nitrogens with two attached hydrogens (primary N) is 2. The Labute approximate surface area is 97.5 Å². The lowest BCUT2D eigenvalue weighted by molar-refractivity contribution is -0.145. The van der Waals surface area contributed by atoms with Gasteiger partial charge in [0.25, 0.3) is 0 Å². The number of hydrogen-bond acceptors (Lipinski definition) is 4. The van der Waals surface area contributed by atoms with Crippen molar-refractivity contribution in [1.29, 1.82) is 0 Å². The van der Waals surface area contributed by atoms with Gasteiger partial charge in [0, 0.05) is 19.0 Å². The predicted octanol–water partition coefficient (Wildman–Crippen LogP) is -0.814. The van der Waals surface area contributed by atoms with Crippen LogP contribution in [0.1, 0.15) is 25.7 Å². The third-order valence-electron chi connectivity index (χ3n) is 3.54. The number of carboxylic acid groups (broad SMARTS) is 1. The van der Waals surface area contributed by atoms with Gasteiger partial charge in [-0.25, -0.2) is 5.01 Å². The summed E-state index contributed by atoms with van der Waals surface area (Å²) >= 11 is 0. The number of carbonyl (C=O) groups is 1. The summed E-state index contributed by atoms with van der Waals surface area (Å²) in [5, 5.41) is 11.0. The van der Waals surface area contributed by atoms with E-state index in [9.17, 15) is 9.90 Å². The van der Waals surface area contributed by atoms with Gasteiger partial charge in [-0.1, -0.05) is 19.2 Å². The summed E-state index contributed by atoms with van der Waals surface area (Å²) < 4.78 is 0. The minimum Gasteiger partial charge on any atom is -0.480 e. The highest BCUT2D eigenvalue weighted by atomic mass is 16.4. The van der Waals surface area contributed by atoms with E-state index >= 15 is 0 Å². The molecule has 1 aliphatic heterocycles. The Kier molecular flexibility index (Phi) is 4.77. The molecule has 2 atom stereocenters. The third kappa shape index (κ3) is 2.96. The maximum absolute atomic E-state index is 11.3. The van der Waals surface area contributed by atoms with Gasteiger partial charge in [0.2, 0.25) is 0 Å². The lowest BCUT2D eigenvalue weighted by Crippen LogP contribution is -2.55. The van der Waals surface area contributed by atoms with Crippen molar-refractivity contribution in [2.24, 2.45) is 17.5 Å². The standard InChI is InChI=1S/C10H22BN3O2/c11-5-2-1-4-10(12,9(15)16)8-3-6-14(13)7-8/h8H,1-7,11-13H2,(H,15,16)/t8-,10?/m1/s1. The van der Waals surface area contributed by atoms with E-state index in [2.05, 4.69) is 7.85 Å². The molecule has 0 aromatic carbocycles. The van der Waals surface area contributed by atoms with Gasteiger partial charge in [-0.2, -0.15) is 0 Å². The molecule has 1 heterocycles. The van der Waals surface area contributed by atoms with Gasteiger partial charge in [0.05, 0.1) is 0 Å². The van der Waals surface area contributed by atoms with Crippen LogP contribution in [0.2, 0.25) is 6.32 Å². The molecule has 16 heavy (non-hydrogen) atoms. The first-order chi connectivity index (χ1) is 7.50. The van der Waals surface area contributed by atoms with Crippen molar-refractivity contribution >= 4 is 13.8 Å². The maximum atomic E-state index is 11.3. The van der Waals surface area contributed by atoms with Gasteiger partial charge in [-0.05, 0) is 12.8 Å². The van der Waals surface area contributed by atoms with E-state index in [1.165, 1.54) is 0 Å². The molecule has 1 saturated heterocycles. The second-order valence-corrected chi connectivity index (χ2v) is 4.78. The highest BCUT2D eigenvalue weighted by molar-refractivity contribution is 6.08. The largest absolute Gasteiger partial charge is 0.480 e. The van der Waals surface area contributed by atoms with Gasteiger partial charge in [-0.15, -0.1) is 0 Å². The minimum atomic E-state index is -1.09. The van der Waals surface area contributed by atoms with Crippen LogP contribution >= 0.6 is 0 Å². The zero-order valence-corrected chi connectivity index (χ0v) is 9.98. The summed E-state index contributed by atoms with van der Waals surface area (Å²) in [6.45, 7) is 1.33. The fourth-order valence-corrected chi connectivity index (χ4v) is 2.36. The average Bonchev–Trinajstić information content (AvgIpc) is 2.65. The van der Waals surface area contributed by atoms with Crippen molar-refractivity contribution in [1.82, 2.24) is 5.01 Å².